The fourth-order valence-corrected chi connectivity index (χ4v) is 3.47. The fourth-order valence-electron chi connectivity index (χ4n) is 3.47. The summed E-state index contributed by atoms with van der Waals surface area (Å²) in [4.78, 5) is 23.9. The number of carbonyl (C=O) groups excluding carboxylic acids is 1. The van der Waals surface area contributed by atoms with Crippen molar-refractivity contribution in [3.8, 4) is 11.3 Å². The van der Waals surface area contributed by atoms with Gasteiger partial charge in [0, 0.05) is 31.2 Å². The molecule has 1 unspecified atom stereocenters. The van der Waals surface area contributed by atoms with Gasteiger partial charge in [-0.1, -0.05) is 43.3 Å². The predicted octanol–water partition coefficient (Wildman–Crippen LogP) is 4.62. The average molecular weight is 370 g/mol. The van der Waals surface area contributed by atoms with Gasteiger partial charge in [0.15, 0.2) is 0 Å². The molecule has 0 aliphatic heterocycles. The van der Waals surface area contributed by atoms with Gasteiger partial charge in [-0.15, -0.1) is 0 Å². The van der Waals surface area contributed by atoms with Crippen molar-refractivity contribution >= 4 is 11.6 Å². The first-order chi connectivity index (χ1) is 13.7. The van der Waals surface area contributed by atoms with Crippen molar-refractivity contribution in [2.24, 2.45) is 0 Å². The third-order valence-corrected chi connectivity index (χ3v) is 4.97. The van der Waals surface area contributed by atoms with Crippen molar-refractivity contribution in [1.29, 1.82) is 0 Å². The lowest BCUT2D eigenvalue weighted by molar-refractivity contribution is 0.0722. The van der Waals surface area contributed by atoms with Gasteiger partial charge in [0.1, 0.15) is 5.65 Å². The Morgan fingerprint density at radius 2 is 1.82 bits per heavy atom. The molecule has 0 fully saturated rings. The van der Waals surface area contributed by atoms with Crippen molar-refractivity contribution < 1.29 is 4.79 Å². The molecule has 28 heavy (non-hydrogen) atoms. The van der Waals surface area contributed by atoms with E-state index in [1.54, 1.807) is 11.1 Å². The first-order valence-electron chi connectivity index (χ1n) is 9.39. The number of hydrogen-bond acceptors (Lipinski definition) is 3. The van der Waals surface area contributed by atoms with Gasteiger partial charge in [0.05, 0.1) is 23.0 Å². The quantitative estimate of drug-likeness (QED) is 0.515. The topological polar surface area (TPSA) is 50.5 Å². The number of amides is 1. The van der Waals surface area contributed by atoms with Crippen LogP contribution in [0, 0.1) is 0 Å². The molecular formula is C23H22N4O. The maximum atomic E-state index is 13.1. The standard InChI is InChI=1S/C23H22N4O/c1-3-21(19-11-7-8-14-24-19)26(2)23(28)18-12-13-22-25-20(16-27(22)15-18)17-9-5-4-6-10-17/h4-16,21H,3H2,1-2H3. The van der Waals surface area contributed by atoms with Crippen LogP contribution in [0.4, 0.5) is 0 Å². The highest BCUT2D eigenvalue weighted by molar-refractivity contribution is 5.94. The second-order valence-corrected chi connectivity index (χ2v) is 6.77. The summed E-state index contributed by atoms with van der Waals surface area (Å²) in [5.41, 5.74) is 4.28. The fraction of sp³-hybridized carbons (Fsp3) is 0.174. The summed E-state index contributed by atoms with van der Waals surface area (Å²) in [6, 6.07) is 19.5. The Balaban J connectivity index is 1.63. The lowest BCUT2D eigenvalue weighted by Crippen LogP contribution is -2.31. The van der Waals surface area contributed by atoms with Crippen LogP contribution in [0.2, 0.25) is 0 Å². The van der Waals surface area contributed by atoms with E-state index in [2.05, 4.69) is 16.9 Å². The number of pyridine rings is 2. The van der Waals surface area contributed by atoms with Gasteiger partial charge >= 0.3 is 0 Å². The summed E-state index contributed by atoms with van der Waals surface area (Å²) in [7, 11) is 1.83. The lowest BCUT2D eigenvalue weighted by atomic mass is 10.1. The van der Waals surface area contributed by atoms with E-state index in [1.807, 2.05) is 84.5 Å². The van der Waals surface area contributed by atoms with E-state index in [0.717, 1.165) is 29.0 Å². The van der Waals surface area contributed by atoms with E-state index in [-0.39, 0.29) is 11.9 Å². The molecule has 0 saturated carbocycles. The highest BCUT2D eigenvalue weighted by Crippen LogP contribution is 2.24. The van der Waals surface area contributed by atoms with Crippen molar-refractivity contribution in [3.05, 3.63) is 90.5 Å². The molecule has 0 spiro atoms. The predicted molar refractivity (Wildman–Crippen MR) is 110 cm³/mol. The highest BCUT2D eigenvalue weighted by Gasteiger charge is 2.22. The summed E-state index contributed by atoms with van der Waals surface area (Å²) in [5.74, 6) is -0.0330. The molecule has 0 saturated heterocycles. The Bertz CT molecular complexity index is 1090. The number of rotatable bonds is 5. The normalized spacial score (nSPS) is 12.1. The number of carbonyl (C=O) groups is 1. The molecule has 0 aliphatic carbocycles. The number of fused-ring (bicyclic) bond motifs is 1. The zero-order valence-corrected chi connectivity index (χ0v) is 16.0. The number of imidazole rings is 1. The second kappa shape index (κ2) is 7.64. The monoisotopic (exact) mass is 370 g/mol. The van der Waals surface area contributed by atoms with Gasteiger partial charge in [-0.2, -0.15) is 0 Å². The van der Waals surface area contributed by atoms with E-state index in [9.17, 15) is 4.79 Å². The Morgan fingerprint density at radius 1 is 1.04 bits per heavy atom. The van der Waals surface area contributed by atoms with Crippen LogP contribution in [0.3, 0.4) is 0 Å². The van der Waals surface area contributed by atoms with E-state index >= 15 is 0 Å². The van der Waals surface area contributed by atoms with Crippen LogP contribution in [0.25, 0.3) is 16.9 Å². The van der Waals surface area contributed by atoms with Crippen molar-refractivity contribution in [3.63, 3.8) is 0 Å². The van der Waals surface area contributed by atoms with E-state index < -0.39 is 0 Å². The van der Waals surface area contributed by atoms with Crippen LogP contribution in [-0.4, -0.2) is 32.2 Å². The summed E-state index contributed by atoms with van der Waals surface area (Å²) in [5, 5.41) is 0. The first-order valence-corrected chi connectivity index (χ1v) is 9.39. The van der Waals surface area contributed by atoms with Gasteiger partial charge in [-0.3, -0.25) is 9.78 Å². The molecule has 1 amide bonds. The second-order valence-electron chi connectivity index (χ2n) is 6.77. The SMILES string of the molecule is CCC(c1ccccn1)N(C)C(=O)c1ccc2nc(-c3ccccc3)cn2c1. The van der Waals surface area contributed by atoms with Gasteiger partial charge in [0.2, 0.25) is 0 Å². The minimum Gasteiger partial charge on any atom is -0.333 e. The number of nitrogens with zero attached hydrogens (tertiary/aromatic N) is 4. The Kier molecular flexibility index (Phi) is 4.89. The number of aromatic nitrogens is 3. The van der Waals surface area contributed by atoms with E-state index in [1.165, 1.54) is 0 Å². The van der Waals surface area contributed by atoms with Crippen molar-refractivity contribution in [2.75, 3.05) is 7.05 Å². The molecular weight excluding hydrogens is 348 g/mol. The van der Waals surface area contributed by atoms with Crippen LogP contribution < -0.4 is 0 Å². The molecule has 3 aromatic heterocycles. The molecule has 0 N–H and O–H groups in total. The molecule has 5 heteroatoms. The molecule has 0 aliphatic rings. The molecule has 0 bridgehead atoms. The van der Waals surface area contributed by atoms with Gasteiger partial charge in [0.25, 0.3) is 5.91 Å². The zero-order chi connectivity index (χ0) is 19.5. The summed E-state index contributed by atoms with van der Waals surface area (Å²) >= 11 is 0. The minimum absolute atomic E-state index is 0.0330. The Hall–Kier alpha value is -3.47. The third kappa shape index (κ3) is 3.39. The summed E-state index contributed by atoms with van der Waals surface area (Å²) < 4.78 is 1.91. The van der Waals surface area contributed by atoms with Crippen LogP contribution in [-0.2, 0) is 0 Å². The maximum Gasteiger partial charge on any atom is 0.255 e. The first kappa shape index (κ1) is 17.9. The van der Waals surface area contributed by atoms with Crippen LogP contribution in [0.15, 0.2) is 79.3 Å². The minimum atomic E-state index is -0.0629. The van der Waals surface area contributed by atoms with E-state index in [4.69, 9.17) is 0 Å². The molecule has 0 radical (unpaired) electrons. The third-order valence-electron chi connectivity index (χ3n) is 4.97. The zero-order valence-electron chi connectivity index (χ0n) is 16.0. The average Bonchev–Trinajstić information content (AvgIpc) is 3.18. The molecule has 140 valence electrons. The smallest absolute Gasteiger partial charge is 0.255 e. The largest absolute Gasteiger partial charge is 0.333 e. The van der Waals surface area contributed by atoms with Crippen LogP contribution in [0.5, 0.6) is 0 Å². The van der Waals surface area contributed by atoms with Crippen molar-refractivity contribution in [1.82, 2.24) is 19.3 Å². The maximum absolute atomic E-state index is 13.1. The van der Waals surface area contributed by atoms with Crippen molar-refractivity contribution in [2.45, 2.75) is 19.4 Å². The summed E-state index contributed by atoms with van der Waals surface area (Å²) in [6.45, 7) is 2.06. The lowest BCUT2D eigenvalue weighted by Gasteiger charge is -2.27. The van der Waals surface area contributed by atoms with Gasteiger partial charge < -0.3 is 9.30 Å². The summed E-state index contributed by atoms with van der Waals surface area (Å²) in [6.07, 6.45) is 6.36. The van der Waals surface area contributed by atoms with Gasteiger partial charge in [-0.05, 0) is 30.7 Å². The van der Waals surface area contributed by atoms with Crippen LogP contribution >= 0.6 is 0 Å². The highest BCUT2D eigenvalue weighted by atomic mass is 16.2. The number of benzene rings is 1. The van der Waals surface area contributed by atoms with E-state index in [0.29, 0.717) is 5.56 Å². The molecule has 3 heterocycles. The van der Waals surface area contributed by atoms with Crippen LogP contribution in [0.1, 0.15) is 35.4 Å². The molecule has 5 nitrogen and oxygen atoms in total. The Morgan fingerprint density at radius 3 is 2.54 bits per heavy atom. The molecule has 4 rings (SSSR count). The van der Waals surface area contributed by atoms with Gasteiger partial charge in [-0.25, -0.2) is 4.98 Å². The molecule has 4 aromatic rings. The number of hydrogen-bond donors (Lipinski definition) is 0. The molecule has 1 atom stereocenters. The Labute approximate surface area is 164 Å². The molecule has 1 aromatic carbocycles.